The van der Waals surface area contributed by atoms with E-state index < -0.39 is 0 Å². The van der Waals surface area contributed by atoms with Crippen LogP contribution in [0.25, 0.3) is 0 Å². The van der Waals surface area contributed by atoms with Gasteiger partial charge in [0, 0.05) is 17.8 Å². The van der Waals surface area contributed by atoms with Crippen molar-refractivity contribution in [2.45, 2.75) is 20.4 Å². The Morgan fingerprint density at radius 3 is 2.70 bits per heavy atom. The number of nitriles is 1. The molecule has 3 nitrogen and oxygen atoms in total. The lowest BCUT2D eigenvalue weighted by Crippen LogP contribution is -2.03. The van der Waals surface area contributed by atoms with E-state index in [1.807, 2.05) is 44.2 Å². The number of rotatable bonds is 4. The quantitative estimate of drug-likeness (QED) is 0.915. The average Bonchev–Trinajstić information content (AvgIpc) is 2.47. The first-order valence-electron chi connectivity index (χ1n) is 6.53. The van der Waals surface area contributed by atoms with Crippen LogP contribution in [0.4, 0.5) is 5.69 Å². The SMILES string of the molecule is COc1c(C)ccc(NCc2cccc(C#N)c2)c1C. The van der Waals surface area contributed by atoms with Gasteiger partial charge in [-0.05, 0) is 43.2 Å². The van der Waals surface area contributed by atoms with Gasteiger partial charge in [-0.15, -0.1) is 0 Å². The van der Waals surface area contributed by atoms with Crippen molar-refractivity contribution >= 4 is 5.69 Å². The summed E-state index contributed by atoms with van der Waals surface area (Å²) >= 11 is 0. The third-order valence-electron chi connectivity index (χ3n) is 3.35. The Morgan fingerprint density at radius 2 is 2.00 bits per heavy atom. The maximum atomic E-state index is 8.90. The first-order chi connectivity index (χ1) is 9.65. The van der Waals surface area contributed by atoms with Crippen LogP contribution in [0.3, 0.4) is 0 Å². The summed E-state index contributed by atoms with van der Waals surface area (Å²) in [4.78, 5) is 0. The normalized spacial score (nSPS) is 9.90. The van der Waals surface area contributed by atoms with Crippen molar-refractivity contribution in [3.63, 3.8) is 0 Å². The molecule has 0 aliphatic rings. The second kappa shape index (κ2) is 6.12. The number of ether oxygens (including phenoxy) is 1. The molecule has 0 heterocycles. The smallest absolute Gasteiger partial charge is 0.126 e. The molecule has 0 aliphatic heterocycles. The van der Waals surface area contributed by atoms with E-state index >= 15 is 0 Å². The van der Waals surface area contributed by atoms with Crippen molar-refractivity contribution in [3.05, 3.63) is 58.7 Å². The largest absolute Gasteiger partial charge is 0.496 e. The molecule has 0 radical (unpaired) electrons. The van der Waals surface area contributed by atoms with E-state index in [0.717, 1.165) is 28.1 Å². The standard InChI is InChI=1S/C17H18N2O/c1-12-7-8-16(13(2)17(12)20-3)19-11-15-6-4-5-14(9-15)10-18/h4-9,19H,11H2,1-3H3. The predicted molar refractivity (Wildman–Crippen MR) is 81.0 cm³/mol. The minimum Gasteiger partial charge on any atom is -0.496 e. The van der Waals surface area contributed by atoms with E-state index in [-0.39, 0.29) is 0 Å². The highest BCUT2D eigenvalue weighted by molar-refractivity contribution is 5.59. The minimum atomic E-state index is 0.683. The summed E-state index contributed by atoms with van der Waals surface area (Å²) in [6, 6.07) is 13.9. The Labute approximate surface area is 119 Å². The summed E-state index contributed by atoms with van der Waals surface area (Å²) in [6.45, 7) is 4.76. The molecular weight excluding hydrogens is 248 g/mol. The van der Waals surface area contributed by atoms with Crippen LogP contribution >= 0.6 is 0 Å². The highest BCUT2D eigenvalue weighted by atomic mass is 16.5. The number of benzene rings is 2. The van der Waals surface area contributed by atoms with Gasteiger partial charge in [-0.1, -0.05) is 18.2 Å². The molecule has 2 aromatic carbocycles. The molecule has 0 bridgehead atoms. The number of nitrogens with zero attached hydrogens (tertiary/aromatic N) is 1. The van der Waals surface area contributed by atoms with Crippen LogP contribution < -0.4 is 10.1 Å². The van der Waals surface area contributed by atoms with Crippen LogP contribution in [0.2, 0.25) is 0 Å². The van der Waals surface area contributed by atoms with Gasteiger partial charge in [-0.3, -0.25) is 0 Å². The van der Waals surface area contributed by atoms with Crippen LogP contribution in [0.15, 0.2) is 36.4 Å². The van der Waals surface area contributed by atoms with E-state index in [0.29, 0.717) is 12.1 Å². The molecule has 0 saturated carbocycles. The first kappa shape index (κ1) is 14.0. The van der Waals surface area contributed by atoms with Gasteiger partial charge in [-0.2, -0.15) is 5.26 Å². The highest BCUT2D eigenvalue weighted by Gasteiger charge is 2.07. The van der Waals surface area contributed by atoms with E-state index in [4.69, 9.17) is 10.00 Å². The number of aryl methyl sites for hydroxylation is 1. The van der Waals surface area contributed by atoms with Crippen LogP contribution in [0.5, 0.6) is 5.75 Å². The zero-order valence-electron chi connectivity index (χ0n) is 12.0. The van der Waals surface area contributed by atoms with Crippen LogP contribution in [-0.4, -0.2) is 7.11 Å². The summed E-state index contributed by atoms with van der Waals surface area (Å²) in [5.41, 5.74) is 5.05. The van der Waals surface area contributed by atoms with Crippen molar-refractivity contribution in [3.8, 4) is 11.8 Å². The first-order valence-corrected chi connectivity index (χ1v) is 6.53. The molecule has 0 aliphatic carbocycles. The molecular formula is C17H18N2O. The van der Waals surface area contributed by atoms with Crippen molar-refractivity contribution in [2.75, 3.05) is 12.4 Å². The lowest BCUT2D eigenvalue weighted by Gasteiger charge is -2.14. The number of hydrogen-bond donors (Lipinski definition) is 1. The summed E-state index contributed by atoms with van der Waals surface area (Å²) in [6.07, 6.45) is 0. The van der Waals surface area contributed by atoms with E-state index in [1.54, 1.807) is 7.11 Å². The highest BCUT2D eigenvalue weighted by Crippen LogP contribution is 2.29. The summed E-state index contributed by atoms with van der Waals surface area (Å²) in [5.74, 6) is 0.917. The van der Waals surface area contributed by atoms with Gasteiger partial charge in [0.25, 0.3) is 0 Å². The van der Waals surface area contributed by atoms with Gasteiger partial charge in [0.2, 0.25) is 0 Å². The lowest BCUT2D eigenvalue weighted by atomic mass is 10.1. The number of hydrogen-bond acceptors (Lipinski definition) is 3. The Morgan fingerprint density at radius 1 is 1.20 bits per heavy atom. The van der Waals surface area contributed by atoms with Crippen molar-refractivity contribution < 1.29 is 4.74 Å². The van der Waals surface area contributed by atoms with Gasteiger partial charge in [-0.25, -0.2) is 0 Å². The van der Waals surface area contributed by atoms with Crippen molar-refractivity contribution in [1.82, 2.24) is 0 Å². The van der Waals surface area contributed by atoms with Gasteiger partial charge in [0.05, 0.1) is 18.7 Å². The predicted octanol–water partition coefficient (Wildman–Crippen LogP) is 3.80. The number of anilines is 1. The van der Waals surface area contributed by atoms with Crippen molar-refractivity contribution in [1.29, 1.82) is 5.26 Å². The molecule has 3 heteroatoms. The van der Waals surface area contributed by atoms with Crippen LogP contribution in [-0.2, 0) is 6.54 Å². The molecule has 1 N–H and O–H groups in total. The fourth-order valence-corrected chi connectivity index (χ4v) is 2.28. The van der Waals surface area contributed by atoms with Crippen LogP contribution in [0.1, 0.15) is 22.3 Å². The maximum Gasteiger partial charge on any atom is 0.126 e. The van der Waals surface area contributed by atoms with Crippen LogP contribution in [0, 0.1) is 25.2 Å². The second-order valence-electron chi connectivity index (χ2n) is 4.75. The minimum absolute atomic E-state index is 0.683. The van der Waals surface area contributed by atoms with Gasteiger partial charge >= 0.3 is 0 Å². The summed E-state index contributed by atoms with van der Waals surface area (Å²) in [5, 5.41) is 12.3. The molecule has 0 fully saturated rings. The van der Waals surface area contributed by atoms with E-state index in [1.165, 1.54) is 0 Å². The average molecular weight is 266 g/mol. The zero-order chi connectivity index (χ0) is 14.5. The molecule has 0 saturated heterocycles. The molecule has 0 amide bonds. The lowest BCUT2D eigenvalue weighted by molar-refractivity contribution is 0.409. The molecule has 2 rings (SSSR count). The van der Waals surface area contributed by atoms with Crippen molar-refractivity contribution in [2.24, 2.45) is 0 Å². The van der Waals surface area contributed by atoms with Gasteiger partial charge in [0.15, 0.2) is 0 Å². The number of nitrogens with one attached hydrogen (secondary N) is 1. The Bertz CT molecular complexity index is 657. The Hall–Kier alpha value is -2.47. The van der Waals surface area contributed by atoms with Gasteiger partial charge < -0.3 is 10.1 Å². The molecule has 102 valence electrons. The maximum absolute atomic E-state index is 8.90. The zero-order valence-corrected chi connectivity index (χ0v) is 12.0. The van der Waals surface area contributed by atoms with Gasteiger partial charge in [0.1, 0.15) is 5.75 Å². The number of methoxy groups -OCH3 is 1. The fraction of sp³-hybridized carbons (Fsp3) is 0.235. The van der Waals surface area contributed by atoms with E-state index in [2.05, 4.69) is 17.5 Å². The summed E-state index contributed by atoms with van der Waals surface area (Å²) < 4.78 is 5.42. The monoisotopic (exact) mass is 266 g/mol. The summed E-state index contributed by atoms with van der Waals surface area (Å²) in [7, 11) is 1.69. The molecule has 0 spiro atoms. The Kier molecular flexibility index (Phi) is 4.27. The second-order valence-corrected chi connectivity index (χ2v) is 4.75. The molecule has 2 aromatic rings. The topological polar surface area (TPSA) is 45.0 Å². The molecule has 0 unspecified atom stereocenters. The Balaban J connectivity index is 2.17. The third kappa shape index (κ3) is 2.92. The molecule has 0 aromatic heterocycles. The fourth-order valence-electron chi connectivity index (χ4n) is 2.28. The van der Waals surface area contributed by atoms with E-state index in [9.17, 15) is 0 Å². The molecule has 0 atom stereocenters. The molecule has 20 heavy (non-hydrogen) atoms. The third-order valence-corrected chi connectivity index (χ3v) is 3.35.